The summed E-state index contributed by atoms with van der Waals surface area (Å²) in [6.45, 7) is 21.0. The molecule has 2 atom stereocenters. The van der Waals surface area contributed by atoms with Gasteiger partial charge in [0.2, 0.25) is 0 Å². The average Bonchev–Trinajstić information content (AvgIpc) is 3.82. The van der Waals surface area contributed by atoms with Crippen LogP contribution in [0.1, 0.15) is 124 Å². The lowest BCUT2D eigenvalue weighted by molar-refractivity contribution is 0.564. The smallest absolute Gasteiger partial charge is 0.0714 e. The van der Waals surface area contributed by atoms with E-state index in [2.05, 4.69) is 286 Å². The minimum atomic E-state index is -0.589. The van der Waals surface area contributed by atoms with Crippen LogP contribution in [0.25, 0.3) is 22.3 Å². The van der Waals surface area contributed by atoms with Crippen LogP contribution in [0, 0.1) is 0 Å². The molecule has 69 heavy (non-hydrogen) atoms. The summed E-state index contributed by atoms with van der Waals surface area (Å²) in [5, 5.41) is 0. The second-order valence-electron chi connectivity index (χ2n) is 22.6. The van der Waals surface area contributed by atoms with Gasteiger partial charge in [0.05, 0.1) is 10.8 Å². The first-order valence-corrected chi connectivity index (χ1v) is 24.8. The van der Waals surface area contributed by atoms with Crippen molar-refractivity contribution in [2.24, 2.45) is 0 Å². The molecule has 9 aromatic rings. The topological polar surface area (TPSA) is 3.24 Å². The van der Waals surface area contributed by atoms with E-state index in [4.69, 9.17) is 0 Å². The first-order valence-electron chi connectivity index (χ1n) is 24.8. The van der Waals surface area contributed by atoms with Crippen molar-refractivity contribution < 1.29 is 0 Å². The number of para-hydroxylation sites is 1. The summed E-state index contributed by atoms with van der Waals surface area (Å²) in [6.07, 6.45) is 0. The van der Waals surface area contributed by atoms with Crippen LogP contribution in [0.4, 0.5) is 17.1 Å². The third-order valence-corrected chi connectivity index (χ3v) is 15.3. The zero-order valence-corrected chi connectivity index (χ0v) is 41.7. The molecule has 11 rings (SSSR count). The fourth-order valence-electron chi connectivity index (χ4n) is 11.7. The van der Waals surface area contributed by atoms with Gasteiger partial charge in [-0.05, 0) is 136 Å². The van der Waals surface area contributed by atoms with Gasteiger partial charge in [-0.1, -0.05) is 244 Å². The summed E-state index contributed by atoms with van der Waals surface area (Å²) >= 11 is 0. The van der Waals surface area contributed by atoms with Crippen LogP contribution < -0.4 is 4.90 Å². The summed E-state index contributed by atoms with van der Waals surface area (Å²) in [7, 11) is 0. The van der Waals surface area contributed by atoms with Crippen molar-refractivity contribution in [3.05, 3.63) is 280 Å². The van der Waals surface area contributed by atoms with Gasteiger partial charge in [0.1, 0.15) is 0 Å². The van der Waals surface area contributed by atoms with Crippen molar-refractivity contribution in [1.29, 1.82) is 0 Å². The van der Waals surface area contributed by atoms with Gasteiger partial charge in [-0.25, -0.2) is 0 Å². The van der Waals surface area contributed by atoms with E-state index in [1.54, 1.807) is 0 Å². The SMILES string of the molecule is CC(C)(C)c1ccc(C2(c3ccccc3)c3ccccc3-c3ccc(N(c4ccccc4)c4ccc5c(c4)C(c4ccccc4)(c4cc(C(C)(C)C)cc(C(C)(C)C)c4)c4ccccc4-5)cc32)cc1. The summed E-state index contributed by atoms with van der Waals surface area (Å²) in [4.78, 5) is 2.49. The number of anilines is 3. The molecule has 0 heterocycles. The molecular weight excluding hydrogens is 831 g/mol. The Morgan fingerprint density at radius 2 is 0.623 bits per heavy atom. The van der Waals surface area contributed by atoms with E-state index in [-0.39, 0.29) is 16.2 Å². The highest BCUT2D eigenvalue weighted by molar-refractivity contribution is 5.92. The summed E-state index contributed by atoms with van der Waals surface area (Å²) in [5.74, 6) is 0. The average molecular weight is 894 g/mol. The van der Waals surface area contributed by atoms with Gasteiger partial charge >= 0.3 is 0 Å². The Kier molecular flexibility index (Phi) is 10.4. The van der Waals surface area contributed by atoms with Crippen LogP contribution >= 0.6 is 0 Å². The molecule has 0 saturated carbocycles. The first kappa shape index (κ1) is 44.3. The monoisotopic (exact) mass is 893 g/mol. The molecule has 2 unspecified atom stereocenters. The molecule has 0 aromatic heterocycles. The van der Waals surface area contributed by atoms with Crippen LogP contribution in [0.3, 0.4) is 0 Å². The van der Waals surface area contributed by atoms with Crippen molar-refractivity contribution in [3.8, 4) is 22.3 Å². The maximum absolute atomic E-state index is 2.52. The van der Waals surface area contributed by atoms with E-state index in [0.717, 1.165) is 17.1 Å². The minimum absolute atomic E-state index is 0.0346. The molecular formula is C68H63N. The second kappa shape index (κ2) is 16.2. The van der Waals surface area contributed by atoms with Crippen LogP contribution in [-0.4, -0.2) is 0 Å². The Morgan fingerprint density at radius 3 is 1.06 bits per heavy atom. The number of nitrogens with zero attached hydrogens (tertiary/aromatic N) is 1. The third kappa shape index (κ3) is 7.03. The fourth-order valence-corrected chi connectivity index (χ4v) is 11.7. The Labute approximate surface area is 411 Å². The normalized spacial score (nSPS) is 17.2. The van der Waals surface area contributed by atoms with Crippen molar-refractivity contribution in [2.75, 3.05) is 4.90 Å². The number of hydrogen-bond donors (Lipinski definition) is 0. The summed E-state index contributed by atoms with van der Waals surface area (Å²) in [5.41, 5.74) is 21.6. The van der Waals surface area contributed by atoms with Gasteiger partial charge in [-0.3, -0.25) is 0 Å². The van der Waals surface area contributed by atoms with E-state index in [0.29, 0.717) is 0 Å². The van der Waals surface area contributed by atoms with Crippen molar-refractivity contribution in [1.82, 2.24) is 0 Å². The van der Waals surface area contributed by atoms with E-state index in [9.17, 15) is 0 Å². The van der Waals surface area contributed by atoms with E-state index < -0.39 is 10.8 Å². The van der Waals surface area contributed by atoms with Gasteiger partial charge < -0.3 is 4.90 Å². The Hall–Kier alpha value is -7.22. The van der Waals surface area contributed by atoms with E-state index >= 15 is 0 Å². The lowest BCUT2D eigenvalue weighted by Crippen LogP contribution is -2.30. The van der Waals surface area contributed by atoms with Gasteiger partial charge in [0.15, 0.2) is 0 Å². The number of fused-ring (bicyclic) bond motifs is 6. The van der Waals surface area contributed by atoms with Gasteiger partial charge in [-0.2, -0.15) is 0 Å². The Bertz CT molecular complexity index is 3330. The molecule has 0 aliphatic heterocycles. The quantitative estimate of drug-likeness (QED) is 0.154. The first-order chi connectivity index (χ1) is 33.1. The second-order valence-corrected chi connectivity index (χ2v) is 22.6. The minimum Gasteiger partial charge on any atom is -0.310 e. The number of hydrogen-bond acceptors (Lipinski definition) is 1. The van der Waals surface area contributed by atoms with Crippen LogP contribution in [0.2, 0.25) is 0 Å². The predicted octanol–water partition coefficient (Wildman–Crippen LogP) is 17.8. The van der Waals surface area contributed by atoms with Gasteiger partial charge in [0.25, 0.3) is 0 Å². The molecule has 0 amide bonds. The summed E-state index contributed by atoms with van der Waals surface area (Å²) in [6, 6.07) is 83.2. The molecule has 0 saturated heterocycles. The molecule has 0 radical (unpaired) electrons. The van der Waals surface area contributed by atoms with Crippen molar-refractivity contribution in [3.63, 3.8) is 0 Å². The lowest BCUT2D eigenvalue weighted by atomic mass is 9.65. The van der Waals surface area contributed by atoms with E-state index in [1.165, 1.54) is 83.5 Å². The highest BCUT2D eigenvalue weighted by atomic mass is 15.1. The Balaban J connectivity index is 1.19. The zero-order chi connectivity index (χ0) is 47.9. The fraction of sp³-hybridized carbons (Fsp3) is 0.206. The highest BCUT2D eigenvalue weighted by Crippen LogP contribution is 2.60. The van der Waals surface area contributed by atoms with Gasteiger partial charge in [0, 0.05) is 17.1 Å². The molecule has 9 aromatic carbocycles. The lowest BCUT2D eigenvalue weighted by Gasteiger charge is -2.37. The summed E-state index contributed by atoms with van der Waals surface area (Å²) < 4.78 is 0. The highest BCUT2D eigenvalue weighted by Gasteiger charge is 2.49. The van der Waals surface area contributed by atoms with Crippen LogP contribution in [0.15, 0.2) is 218 Å². The van der Waals surface area contributed by atoms with Crippen LogP contribution in [0.5, 0.6) is 0 Å². The zero-order valence-electron chi connectivity index (χ0n) is 41.7. The van der Waals surface area contributed by atoms with Crippen LogP contribution in [-0.2, 0) is 27.1 Å². The maximum atomic E-state index is 2.52. The van der Waals surface area contributed by atoms with E-state index in [1.807, 2.05) is 0 Å². The molecule has 0 N–H and O–H groups in total. The molecule has 0 bridgehead atoms. The standard InChI is InChI=1S/C68H63N/c1-64(2,3)46-33-35-49(36-34-46)67(47-23-13-10-14-24-47)60-31-21-19-29-56(60)58-39-37-54(44-62(58)67)69(53-27-17-12-18-28-53)55-38-40-59-57-30-20-22-32-61(57)68(63(59)45-55,48-25-15-11-16-26-48)52-42-50(65(4,5)6)41-51(43-52)66(7,8)9/h10-45H,1-9H3. The number of benzene rings is 9. The Morgan fingerprint density at radius 1 is 0.261 bits per heavy atom. The molecule has 2 aliphatic rings. The van der Waals surface area contributed by atoms with Crippen molar-refractivity contribution >= 4 is 17.1 Å². The molecule has 1 nitrogen and oxygen atoms in total. The molecule has 1 heteroatoms. The molecule has 0 fully saturated rings. The molecule has 340 valence electrons. The maximum Gasteiger partial charge on any atom is 0.0714 e. The predicted molar refractivity (Wildman–Crippen MR) is 292 cm³/mol. The molecule has 0 spiro atoms. The van der Waals surface area contributed by atoms with Gasteiger partial charge in [-0.15, -0.1) is 0 Å². The van der Waals surface area contributed by atoms with Crippen molar-refractivity contribution in [2.45, 2.75) is 89.4 Å². The molecule has 2 aliphatic carbocycles. The largest absolute Gasteiger partial charge is 0.310 e. The number of rotatable bonds is 7. The third-order valence-electron chi connectivity index (χ3n) is 15.3.